The average molecular weight is 405 g/mol. The molecule has 0 fully saturated rings. The summed E-state index contributed by atoms with van der Waals surface area (Å²) in [4.78, 5) is 28.4. The largest absolute Gasteiger partial charge is 0.493 e. The van der Waals surface area contributed by atoms with E-state index in [1.54, 1.807) is 19.1 Å². The number of Topliss-reactive ketones (excluding diaryl/α,β-unsaturated/α-hetero) is 1. The van der Waals surface area contributed by atoms with Crippen molar-refractivity contribution in [3.8, 4) is 11.5 Å². The zero-order valence-corrected chi connectivity index (χ0v) is 17.9. The molecule has 2 aliphatic rings. The number of benzene rings is 2. The SMILES string of the molecule is COc1ccc([C@@H]2CC(=O)N(c3ccccc3)C3=C2C(=O)CC(C)(C)C3)cc1OC. The van der Waals surface area contributed by atoms with Gasteiger partial charge in [-0.3, -0.25) is 14.5 Å². The van der Waals surface area contributed by atoms with Crippen LogP contribution in [0.4, 0.5) is 5.69 Å². The predicted octanol–water partition coefficient (Wildman–Crippen LogP) is 4.87. The lowest BCUT2D eigenvalue weighted by Gasteiger charge is -2.43. The van der Waals surface area contributed by atoms with Crippen LogP contribution in [-0.4, -0.2) is 25.9 Å². The quantitative estimate of drug-likeness (QED) is 0.728. The molecule has 0 saturated heterocycles. The highest BCUT2D eigenvalue weighted by Crippen LogP contribution is 2.48. The molecule has 0 unspecified atom stereocenters. The van der Waals surface area contributed by atoms with Crippen molar-refractivity contribution >= 4 is 17.4 Å². The Bertz CT molecular complexity index is 1020. The van der Waals surface area contributed by atoms with E-state index in [1.165, 1.54) is 0 Å². The number of allylic oxidation sites excluding steroid dienone is 2. The highest BCUT2D eigenvalue weighted by molar-refractivity contribution is 6.07. The molecule has 1 heterocycles. The van der Waals surface area contributed by atoms with Gasteiger partial charge in [0.2, 0.25) is 5.91 Å². The number of carbonyl (C=O) groups excluding carboxylic acids is 2. The molecule has 1 amide bonds. The lowest BCUT2D eigenvalue weighted by atomic mass is 9.69. The Morgan fingerprint density at radius 2 is 1.63 bits per heavy atom. The Morgan fingerprint density at radius 1 is 0.933 bits per heavy atom. The van der Waals surface area contributed by atoms with E-state index in [1.807, 2.05) is 48.5 Å². The van der Waals surface area contributed by atoms with E-state index >= 15 is 0 Å². The van der Waals surface area contributed by atoms with Crippen molar-refractivity contribution in [2.75, 3.05) is 19.1 Å². The monoisotopic (exact) mass is 405 g/mol. The summed E-state index contributed by atoms with van der Waals surface area (Å²) in [6, 6.07) is 15.2. The highest BCUT2D eigenvalue weighted by atomic mass is 16.5. The topological polar surface area (TPSA) is 55.8 Å². The molecule has 0 spiro atoms. The first-order valence-electron chi connectivity index (χ1n) is 10.2. The third kappa shape index (κ3) is 3.49. The summed E-state index contributed by atoms with van der Waals surface area (Å²) in [5.41, 5.74) is 3.10. The number of amides is 1. The van der Waals surface area contributed by atoms with Crippen LogP contribution in [0.5, 0.6) is 11.5 Å². The molecule has 2 aromatic carbocycles. The molecule has 0 radical (unpaired) electrons. The van der Waals surface area contributed by atoms with Crippen LogP contribution in [0.3, 0.4) is 0 Å². The zero-order valence-electron chi connectivity index (χ0n) is 17.9. The lowest BCUT2D eigenvalue weighted by Crippen LogP contribution is -2.43. The van der Waals surface area contributed by atoms with Gasteiger partial charge in [0, 0.05) is 35.7 Å². The molecule has 156 valence electrons. The van der Waals surface area contributed by atoms with Gasteiger partial charge in [-0.25, -0.2) is 0 Å². The third-order valence-electron chi connectivity index (χ3n) is 5.97. The molecule has 0 saturated carbocycles. The minimum Gasteiger partial charge on any atom is -0.493 e. The van der Waals surface area contributed by atoms with Crippen LogP contribution < -0.4 is 14.4 Å². The summed E-state index contributed by atoms with van der Waals surface area (Å²) < 4.78 is 10.8. The number of para-hydroxylation sites is 1. The molecule has 1 aliphatic carbocycles. The van der Waals surface area contributed by atoms with E-state index in [-0.39, 0.29) is 29.4 Å². The summed E-state index contributed by atoms with van der Waals surface area (Å²) >= 11 is 0. The van der Waals surface area contributed by atoms with E-state index in [0.717, 1.165) is 22.5 Å². The van der Waals surface area contributed by atoms with Crippen molar-refractivity contribution < 1.29 is 19.1 Å². The fourth-order valence-electron chi connectivity index (χ4n) is 4.65. The summed E-state index contributed by atoms with van der Waals surface area (Å²) in [6.45, 7) is 4.17. The van der Waals surface area contributed by atoms with Gasteiger partial charge in [0.25, 0.3) is 0 Å². The van der Waals surface area contributed by atoms with E-state index in [0.29, 0.717) is 24.3 Å². The number of hydrogen-bond donors (Lipinski definition) is 0. The van der Waals surface area contributed by atoms with Gasteiger partial charge in [0.05, 0.1) is 14.2 Å². The van der Waals surface area contributed by atoms with E-state index in [4.69, 9.17) is 9.47 Å². The number of rotatable bonds is 4. The second-order valence-electron chi connectivity index (χ2n) is 8.74. The van der Waals surface area contributed by atoms with Gasteiger partial charge in [0.15, 0.2) is 17.3 Å². The summed E-state index contributed by atoms with van der Waals surface area (Å²) in [5.74, 6) is 1.06. The second-order valence-corrected chi connectivity index (χ2v) is 8.74. The molecule has 1 aliphatic heterocycles. The van der Waals surface area contributed by atoms with Crippen molar-refractivity contribution in [3.63, 3.8) is 0 Å². The first kappa shape index (κ1) is 20.2. The number of ether oxygens (including phenoxy) is 2. The van der Waals surface area contributed by atoms with Crippen molar-refractivity contribution in [1.29, 1.82) is 0 Å². The lowest BCUT2D eigenvalue weighted by molar-refractivity contribution is -0.121. The number of nitrogens with zero attached hydrogens (tertiary/aromatic N) is 1. The van der Waals surface area contributed by atoms with Crippen LogP contribution >= 0.6 is 0 Å². The third-order valence-corrected chi connectivity index (χ3v) is 5.97. The maximum absolute atomic E-state index is 13.4. The molecule has 4 rings (SSSR count). The Balaban J connectivity index is 1.88. The van der Waals surface area contributed by atoms with Gasteiger partial charge in [0.1, 0.15) is 0 Å². The molecule has 1 atom stereocenters. The number of ketones is 1. The molecule has 2 aromatic rings. The van der Waals surface area contributed by atoms with E-state index in [2.05, 4.69) is 13.8 Å². The van der Waals surface area contributed by atoms with Crippen LogP contribution in [-0.2, 0) is 9.59 Å². The normalized spacial score (nSPS) is 20.8. The Hall–Kier alpha value is -3.08. The smallest absolute Gasteiger partial charge is 0.232 e. The number of carbonyl (C=O) groups is 2. The van der Waals surface area contributed by atoms with Gasteiger partial charge in [-0.1, -0.05) is 38.1 Å². The van der Waals surface area contributed by atoms with Crippen molar-refractivity contribution in [1.82, 2.24) is 0 Å². The second kappa shape index (κ2) is 7.63. The summed E-state index contributed by atoms with van der Waals surface area (Å²) in [5, 5.41) is 0. The fourth-order valence-corrected chi connectivity index (χ4v) is 4.65. The Labute approximate surface area is 177 Å². The molecule has 5 nitrogen and oxygen atoms in total. The van der Waals surface area contributed by atoms with Crippen LogP contribution in [0.15, 0.2) is 59.8 Å². The van der Waals surface area contributed by atoms with Crippen molar-refractivity contribution in [2.45, 2.75) is 39.0 Å². The predicted molar refractivity (Wildman–Crippen MR) is 116 cm³/mol. The first-order chi connectivity index (χ1) is 14.3. The number of methoxy groups -OCH3 is 2. The van der Waals surface area contributed by atoms with Gasteiger partial charge in [-0.2, -0.15) is 0 Å². The van der Waals surface area contributed by atoms with Gasteiger partial charge < -0.3 is 9.47 Å². The van der Waals surface area contributed by atoms with Gasteiger partial charge in [-0.15, -0.1) is 0 Å². The zero-order chi connectivity index (χ0) is 21.5. The van der Waals surface area contributed by atoms with Crippen molar-refractivity contribution in [2.24, 2.45) is 5.41 Å². The Morgan fingerprint density at radius 3 is 2.30 bits per heavy atom. The van der Waals surface area contributed by atoms with Crippen LogP contribution in [0.2, 0.25) is 0 Å². The van der Waals surface area contributed by atoms with E-state index < -0.39 is 0 Å². The van der Waals surface area contributed by atoms with Crippen LogP contribution in [0.25, 0.3) is 0 Å². The molecular weight excluding hydrogens is 378 g/mol. The highest BCUT2D eigenvalue weighted by Gasteiger charge is 2.44. The van der Waals surface area contributed by atoms with E-state index in [9.17, 15) is 9.59 Å². The summed E-state index contributed by atoms with van der Waals surface area (Å²) in [6.07, 6.45) is 1.40. The number of hydrogen-bond acceptors (Lipinski definition) is 4. The van der Waals surface area contributed by atoms with Crippen LogP contribution in [0, 0.1) is 5.41 Å². The van der Waals surface area contributed by atoms with Gasteiger partial charge in [-0.05, 0) is 41.7 Å². The molecular formula is C25H27NO4. The van der Waals surface area contributed by atoms with Crippen molar-refractivity contribution in [3.05, 3.63) is 65.4 Å². The molecule has 30 heavy (non-hydrogen) atoms. The number of anilines is 1. The maximum Gasteiger partial charge on any atom is 0.232 e. The standard InChI is InChI=1S/C25H27NO4/c1-25(2)14-19-24(20(27)15-25)18(16-10-11-21(29-3)22(12-16)30-4)13-23(28)26(19)17-8-6-5-7-9-17/h5-12,18H,13-15H2,1-4H3/t18-/m0/s1. The Kier molecular flexibility index (Phi) is 5.14. The summed E-state index contributed by atoms with van der Waals surface area (Å²) in [7, 11) is 3.18. The molecule has 0 N–H and O–H groups in total. The van der Waals surface area contributed by atoms with Gasteiger partial charge >= 0.3 is 0 Å². The minimum absolute atomic E-state index is 0.00485. The van der Waals surface area contributed by atoms with Crippen LogP contribution in [0.1, 0.15) is 44.6 Å². The average Bonchev–Trinajstić information content (AvgIpc) is 2.72. The minimum atomic E-state index is -0.282. The maximum atomic E-state index is 13.4. The molecule has 0 bridgehead atoms. The molecule has 5 heteroatoms. The first-order valence-corrected chi connectivity index (χ1v) is 10.2. The molecule has 0 aromatic heterocycles. The fraction of sp³-hybridized carbons (Fsp3) is 0.360.